The quantitative estimate of drug-likeness (QED) is 0.877. The molecule has 0 unspecified atom stereocenters. The second kappa shape index (κ2) is 8.42. The van der Waals surface area contributed by atoms with Crippen LogP contribution in [-0.4, -0.2) is 16.8 Å². The van der Waals surface area contributed by atoms with Crippen molar-refractivity contribution in [1.29, 1.82) is 0 Å². The van der Waals surface area contributed by atoms with Crippen molar-refractivity contribution in [3.63, 3.8) is 0 Å². The van der Waals surface area contributed by atoms with Gasteiger partial charge in [0.25, 0.3) is 5.91 Å². The van der Waals surface area contributed by atoms with Gasteiger partial charge in [-0.3, -0.25) is 14.6 Å². The van der Waals surface area contributed by atoms with Crippen molar-refractivity contribution >= 4 is 17.5 Å². The van der Waals surface area contributed by atoms with E-state index in [-0.39, 0.29) is 17.7 Å². The van der Waals surface area contributed by atoms with Gasteiger partial charge in [-0.05, 0) is 36.6 Å². The van der Waals surface area contributed by atoms with Crippen LogP contribution in [0.5, 0.6) is 0 Å². The molecule has 130 valence electrons. The Kier molecular flexibility index (Phi) is 5.77. The Balaban J connectivity index is 1.62. The Morgan fingerprint density at radius 2 is 1.84 bits per heavy atom. The van der Waals surface area contributed by atoms with Gasteiger partial charge in [0.2, 0.25) is 5.91 Å². The highest BCUT2D eigenvalue weighted by atomic mass is 16.2. The summed E-state index contributed by atoms with van der Waals surface area (Å²) in [5, 5.41) is 5.92. The van der Waals surface area contributed by atoms with Gasteiger partial charge in [0.1, 0.15) is 0 Å². The number of nitrogens with zero attached hydrogens (tertiary/aromatic N) is 1. The monoisotopic (exact) mass is 337 g/mol. The van der Waals surface area contributed by atoms with E-state index in [0.29, 0.717) is 12.1 Å². The number of aromatic nitrogens is 1. The smallest absolute Gasteiger partial charge is 0.253 e. The maximum atomic E-state index is 12.5. The number of rotatable bonds is 5. The molecular formula is C20H23N3O2. The Morgan fingerprint density at radius 3 is 2.60 bits per heavy atom. The number of nitrogens with one attached hydrogen (secondary N) is 2. The van der Waals surface area contributed by atoms with Crippen LogP contribution in [0.25, 0.3) is 0 Å². The number of benzene rings is 1. The molecule has 0 spiro atoms. The van der Waals surface area contributed by atoms with Crippen molar-refractivity contribution in [2.45, 2.75) is 38.6 Å². The predicted octanol–water partition coefficient (Wildman–Crippen LogP) is 3.53. The first-order chi connectivity index (χ1) is 12.2. The molecule has 1 aliphatic carbocycles. The van der Waals surface area contributed by atoms with Crippen LogP contribution in [0.3, 0.4) is 0 Å². The zero-order valence-corrected chi connectivity index (χ0v) is 14.2. The lowest BCUT2D eigenvalue weighted by Gasteiger charge is -2.21. The van der Waals surface area contributed by atoms with Crippen LogP contribution in [0.4, 0.5) is 5.69 Å². The minimum absolute atomic E-state index is 0.0886. The lowest BCUT2D eigenvalue weighted by Crippen LogP contribution is -2.27. The third kappa shape index (κ3) is 4.66. The average Bonchev–Trinajstić information content (AvgIpc) is 2.68. The number of para-hydroxylation sites is 1. The number of carbonyl (C=O) groups is 2. The highest BCUT2D eigenvalue weighted by Crippen LogP contribution is 2.25. The van der Waals surface area contributed by atoms with E-state index < -0.39 is 0 Å². The normalized spacial score (nSPS) is 14.7. The van der Waals surface area contributed by atoms with Crippen molar-refractivity contribution in [1.82, 2.24) is 10.3 Å². The number of hydrogen-bond donors (Lipinski definition) is 2. The first kappa shape index (κ1) is 17.1. The molecule has 25 heavy (non-hydrogen) atoms. The molecule has 1 aromatic carbocycles. The van der Waals surface area contributed by atoms with Gasteiger partial charge < -0.3 is 10.6 Å². The van der Waals surface area contributed by atoms with Gasteiger partial charge in [-0.15, -0.1) is 0 Å². The number of hydrogen-bond acceptors (Lipinski definition) is 3. The van der Waals surface area contributed by atoms with Crippen LogP contribution in [-0.2, 0) is 11.3 Å². The molecule has 2 amide bonds. The molecule has 5 nitrogen and oxygen atoms in total. The molecule has 0 saturated heterocycles. The summed E-state index contributed by atoms with van der Waals surface area (Å²) < 4.78 is 0. The molecule has 0 radical (unpaired) electrons. The summed E-state index contributed by atoms with van der Waals surface area (Å²) in [4.78, 5) is 28.6. The maximum Gasteiger partial charge on any atom is 0.253 e. The Labute approximate surface area is 147 Å². The lowest BCUT2D eigenvalue weighted by molar-refractivity contribution is -0.120. The molecule has 1 heterocycles. The number of carbonyl (C=O) groups excluding carboxylic acids is 2. The third-order valence-electron chi connectivity index (χ3n) is 4.61. The topological polar surface area (TPSA) is 71.1 Å². The van der Waals surface area contributed by atoms with Gasteiger partial charge in [-0.25, -0.2) is 0 Å². The molecule has 1 saturated carbocycles. The largest absolute Gasteiger partial charge is 0.348 e. The minimum Gasteiger partial charge on any atom is -0.348 e. The summed E-state index contributed by atoms with van der Waals surface area (Å²) in [5.74, 6) is 0.0130. The molecule has 1 aliphatic rings. The molecule has 0 bridgehead atoms. The standard InChI is InChI=1S/C20H23N3O2/c24-19(17-10-6-12-21-13-17)22-14-16-9-4-5-11-18(16)23-20(25)15-7-2-1-3-8-15/h4-6,9-13,15H,1-3,7-8,14H2,(H,22,24)(H,23,25). The first-order valence-electron chi connectivity index (χ1n) is 8.81. The minimum atomic E-state index is -0.179. The summed E-state index contributed by atoms with van der Waals surface area (Å²) in [6, 6.07) is 11.0. The molecule has 5 heteroatoms. The molecule has 0 atom stereocenters. The van der Waals surface area contributed by atoms with Gasteiger partial charge in [0.05, 0.1) is 5.56 Å². The molecule has 1 aromatic heterocycles. The third-order valence-corrected chi connectivity index (χ3v) is 4.61. The highest BCUT2D eigenvalue weighted by molar-refractivity contribution is 5.95. The summed E-state index contributed by atoms with van der Waals surface area (Å²) in [6.07, 6.45) is 8.57. The predicted molar refractivity (Wildman–Crippen MR) is 97.1 cm³/mol. The fraction of sp³-hybridized carbons (Fsp3) is 0.350. The van der Waals surface area contributed by atoms with Gasteiger partial charge in [-0.2, -0.15) is 0 Å². The first-order valence-corrected chi connectivity index (χ1v) is 8.81. The van der Waals surface area contributed by atoms with E-state index in [4.69, 9.17) is 0 Å². The van der Waals surface area contributed by atoms with Gasteiger partial charge in [0.15, 0.2) is 0 Å². The molecule has 1 fully saturated rings. The summed E-state index contributed by atoms with van der Waals surface area (Å²) in [7, 11) is 0. The van der Waals surface area contributed by atoms with Crippen molar-refractivity contribution in [3.05, 3.63) is 59.9 Å². The van der Waals surface area contributed by atoms with Gasteiger partial charge >= 0.3 is 0 Å². The van der Waals surface area contributed by atoms with E-state index in [9.17, 15) is 9.59 Å². The summed E-state index contributed by atoms with van der Waals surface area (Å²) in [6.45, 7) is 0.356. The van der Waals surface area contributed by atoms with Crippen LogP contribution < -0.4 is 10.6 Å². The van der Waals surface area contributed by atoms with Crippen LogP contribution in [0.15, 0.2) is 48.8 Å². The van der Waals surface area contributed by atoms with E-state index in [1.165, 1.54) is 12.6 Å². The fourth-order valence-corrected chi connectivity index (χ4v) is 3.17. The molecule has 3 rings (SSSR count). The Morgan fingerprint density at radius 1 is 1.04 bits per heavy atom. The lowest BCUT2D eigenvalue weighted by atomic mass is 9.88. The summed E-state index contributed by atoms with van der Waals surface area (Å²) in [5.41, 5.74) is 2.18. The average molecular weight is 337 g/mol. The van der Waals surface area contributed by atoms with Crippen molar-refractivity contribution in [2.75, 3.05) is 5.32 Å². The Bertz CT molecular complexity index is 725. The second-order valence-electron chi connectivity index (χ2n) is 6.41. The van der Waals surface area contributed by atoms with Crippen molar-refractivity contribution in [3.8, 4) is 0 Å². The Hall–Kier alpha value is -2.69. The van der Waals surface area contributed by atoms with E-state index in [1.807, 2.05) is 24.3 Å². The van der Waals surface area contributed by atoms with Gasteiger partial charge in [-0.1, -0.05) is 37.5 Å². The zero-order valence-electron chi connectivity index (χ0n) is 14.2. The second-order valence-corrected chi connectivity index (χ2v) is 6.41. The molecule has 2 aromatic rings. The van der Waals surface area contributed by atoms with E-state index >= 15 is 0 Å². The zero-order chi connectivity index (χ0) is 17.5. The number of amides is 2. The van der Waals surface area contributed by atoms with Crippen LogP contribution in [0, 0.1) is 5.92 Å². The maximum absolute atomic E-state index is 12.5. The number of anilines is 1. The van der Waals surface area contributed by atoms with E-state index in [0.717, 1.165) is 36.9 Å². The molecular weight excluding hydrogens is 314 g/mol. The van der Waals surface area contributed by atoms with Crippen LogP contribution in [0.2, 0.25) is 0 Å². The van der Waals surface area contributed by atoms with E-state index in [1.54, 1.807) is 18.3 Å². The van der Waals surface area contributed by atoms with Crippen LogP contribution >= 0.6 is 0 Å². The van der Waals surface area contributed by atoms with Crippen LogP contribution in [0.1, 0.15) is 48.0 Å². The molecule has 2 N–H and O–H groups in total. The van der Waals surface area contributed by atoms with Crippen molar-refractivity contribution < 1.29 is 9.59 Å². The van der Waals surface area contributed by atoms with E-state index in [2.05, 4.69) is 15.6 Å². The van der Waals surface area contributed by atoms with Gasteiger partial charge in [0, 0.05) is 30.5 Å². The fourth-order valence-electron chi connectivity index (χ4n) is 3.17. The SMILES string of the molecule is O=C(NCc1ccccc1NC(=O)C1CCCCC1)c1cccnc1. The highest BCUT2D eigenvalue weighted by Gasteiger charge is 2.21. The number of pyridine rings is 1. The molecule has 0 aliphatic heterocycles. The van der Waals surface area contributed by atoms with Crippen molar-refractivity contribution in [2.24, 2.45) is 5.92 Å². The summed E-state index contributed by atoms with van der Waals surface area (Å²) >= 11 is 0.